The van der Waals surface area contributed by atoms with Crippen molar-refractivity contribution < 1.29 is 24.9 Å². The van der Waals surface area contributed by atoms with Crippen LogP contribution in [0.25, 0.3) is 0 Å². The zero-order valence-corrected chi connectivity index (χ0v) is 10.6. The van der Waals surface area contributed by atoms with E-state index in [9.17, 15) is 14.7 Å². The zero-order valence-electron chi connectivity index (χ0n) is 10.6. The first kappa shape index (κ1) is 14.8. The molecule has 0 saturated carbocycles. The van der Waals surface area contributed by atoms with Crippen LogP contribution in [0.4, 0.5) is 10.5 Å². The molecule has 0 aliphatic carbocycles. The molecule has 0 saturated heterocycles. The van der Waals surface area contributed by atoms with E-state index in [-0.39, 0.29) is 5.75 Å². The Labute approximate surface area is 110 Å². The summed E-state index contributed by atoms with van der Waals surface area (Å²) in [5, 5.41) is 29.5. The van der Waals surface area contributed by atoms with Gasteiger partial charge in [0.1, 0.15) is 5.75 Å². The molecule has 19 heavy (non-hydrogen) atoms. The predicted molar refractivity (Wildman–Crippen MR) is 68.1 cm³/mol. The summed E-state index contributed by atoms with van der Waals surface area (Å²) >= 11 is 0. The second-order valence-electron chi connectivity index (χ2n) is 4.08. The molecular weight excluding hydrogens is 252 g/mol. The van der Waals surface area contributed by atoms with Crippen molar-refractivity contribution in [2.24, 2.45) is 0 Å². The Bertz CT molecular complexity index is 458. The van der Waals surface area contributed by atoms with E-state index in [1.165, 1.54) is 43.1 Å². The topological polar surface area (TPSA) is 110 Å². The Morgan fingerprint density at radius 1 is 1.26 bits per heavy atom. The van der Waals surface area contributed by atoms with E-state index in [4.69, 9.17) is 10.2 Å². The first-order valence-corrected chi connectivity index (χ1v) is 5.57. The predicted octanol–water partition coefficient (Wildman–Crippen LogP) is 0.372. The minimum Gasteiger partial charge on any atom is -0.508 e. The van der Waals surface area contributed by atoms with Crippen molar-refractivity contribution in [2.75, 3.05) is 11.9 Å². The van der Waals surface area contributed by atoms with Crippen LogP contribution in [0.5, 0.6) is 5.75 Å². The van der Waals surface area contributed by atoms with E-state index in [1.54, 1.807) is 0 Å². The van der Waals surface area contributed by atoms with Crippen LogP contribution in [0.3, 0.4) is 0 Å². The summed E-state index contributed by atoms with van der Waals surface area (Å²) in [6, 6.07) is 3.77. The molecule has 2 atom stereocenters. The SMILES string of the molecule is CC(O)C(NC(=O)N(C)c1ccc(O)cc1)C(=O)O. The summed E-state index contributed by atoms with van der Waals surface area (Å²) < 4.78 is 0. The Morgan fingerprint density at radius 3 is 2.21 bits per heavy atom. The molecule has 0 heterocycles. The van der Waals surface area contributed by atoms with Crippen molar-refractivity contribution in [3.05, 3.63) is 24.3 Å². The Morgan fingerprint density at radius 2 is 1.79 bits per heavy atom. The number of urea groups is 1. The van der Waals surface area contributed by atoms with E-state index >= 15 is 0 Å². The highest BCUT2D eigenvalue weighted by molar-refractivity contribution is 5.94. The van der Waals surface area contributed by atoms with Gasteiger partial charge in [0.25, 0.3) is 0 Å². The normalized spacial score (nSPS) is 13.4. The lowest BCUT2D eigenvalue weighted by Crippen LogP contribution is -2.51. The zero-order chi connectivity index (χ0) is 14.6. The molecule has 7 heteroatoms. The number of phenols is 1. The fourth-order valence-corrected chi connectivity index (χ4v) is 1.41. The number of anilines is 1. The van der Waals surface area contributed by atoms with Crippen LogP contribution in [0.1, 0.15) is 6.92 Å². The number of hydrogen-bond acceptors (Lipinski definition) is 4. The molecule has 0 fully saturated rings. The number of carboxylic acid groups (broad SMARTS) is 1. The third-order valence-corrected chi connectivity index (χ3v) is 2.57. The standard InChI is InChI=1S/C12H16N2O5/c1-7(15)10(11(17)18)13-12(19)14(2)8-3-5-9(16)6-4-8/h3-7,10,15-16H,1-2H3,(H,13,19)(H,17,18). The maximum Gasteiger partial charge on any atom is 0.328 e. The average Bonchev–Trinajstić information content (AvgIpc) is 2.34. The average molecular weight is 268 g/mol. The van der Waals surface area contributed by atoms with Crippen molar-refractivity contribution in [2.45, 2.75) is 19.1 Å². The van der Waals surface area contributed by atoms with Gasteiger partial charge in [-0.1, -0.05) is 0 Å². The third-order valence-electron chi connectivity index (χ3n) is 2.57. The van der Waals surface area contributed by atoms with Crippen LogP contribution in [-0.4, -0.2) is 46.5 Å². The molecule has 0 spiro atoms. The van der Waals surface area contributed by atoms with Crippen molar-refractivity contribution in [3.63, 3.8) is 0 Å². The number of carbonyl (C=O) groups is 2. The van der Waals surface area contributed by atoms with Gasteiger partial charge in [-0.3, -0.25) is 4.90 Å². The molecule has 7 nitrogen and oxygen atoms in total. The van der Waals surface area contributed by atoms with Gasteiger partial charge < -0.3 is 20.6 Å². The number of aromatic hydroxyl groups is 1. The second kappa shape index (κ2) is 6.05. The number of hydrogen-bond donors (Lipinski definition) is 4. The molecule has 104 valence electrons. The molecular formula is C12H16N2O5. The first-order valence-electron chi connectivity index (χ1n) is 5.57. The van der Waals surface area contributed by atoms with Crippen molar-refractivity contribution in [3.8, 4) is 5.75 Å². The number of aliphatic hydroxyl groups excluding tert-OH is 1. The largest absolute Gasteiger partial charge is 0.508 e. The minimum absolute atomic E-state index is 0.0601. The molecule has 0 aliphatic rings. The van der Waals surface area contributed by atoms with E-state index < -0.39 is 24.1 Å². The smallest absolute Gasteiger partial charge is 0.328 e. The quantitative estimate of drug-likeness (QED) is 0.630. The Kier molecular flexibility index (Phi) is 4.71. The number of aliphatic hydroxyl groups is 1. The molecule has 2 unspecified atom stereocenters. The van der Waals surface area contributed by atoms with Gasteiger partial charge in [0, 0.05) is 12.7 Å². The van der Waals surface area contributed by atoms with Crippen LogP contribution in [-0.2, 0) is 4.79 Å². The van der Waals surface area contributed by atoms with Gasteiger partial charge in [-0.05, 0) is 31.2 Å². The highest BCUT2D eigenvalue weighted by Gasteiger charge is 2.26. The monoisotopic (exact) mass is 268 g/mol. The van der Waals surface area contributed by atoms with Crippen molar-refractivity contribution in [1.29, 1.82) is 0 Å². The van der Waals surface area contributed by atoms with E-state index in [0.717, 1.165) is 0 Å². The summed E-state index contributed by atoms with van der Waals surface area (Å²) in [5.74, 6) is -1.26. The summed E-state index contributed by atoms with van der Waals surface area (Å²) in [6.07, 6.45) is -1.21. The van der Waals surface area contributed by atoms with Crippen LogP contribution in [0, 0.1) is 0 Å². The van der Waals surface area contributed by atoms with Gasteiger partial charge in [-0.25, -0.2) is 9.59 Å². The summed E-state index contributed by atoms with van der Waals surface area (Å²) in [5.41, 5.74) is 0.477. The molecule has 0 aliphatic heterocycles. The number of nitrogens with one attached hydrogen (secondary N) is 1. The highest BCUT2D eigenvalue weighted by atomic mass is 16.4. The summed E-state index contributed by atoms with van der Waals surface area (Å²) in [4.78, 5) is 23.9. The number of carbonyl (C=O) groups excluding carboxylic acids is 1. The molecule has 1 rings (SSSR count). The van der Waals surface area contributed by atoms with E-state index in [2.05, 4.69) is 5.32 Å². The lowest BCUT2D eigenvalue weighted by molar-refractivity contribution is -0.141. The van der Waals surface area contributed by atoms with Gasteiger partial charge in [0.05, 0.1) is 6.10 Å². The third kappa shape index (κ3) is 3.85. The molecule has 2 amide bonds. The number of nitrogens with zero attached hydrogens (tertiary/aromatic N) is 1. The first-order chi connectivity index (χ1) is 8.82. The summed E-state index contributed by atoms with van der Waals surface area (Å²) in [6.45, 7) is 1.28. The van der Waals surface area contributed by atoms with E-state index in [1.807, 2.05) is 0 Å². The van der Waals surface area contributed by atoms with Gasteiger partial charge >= 0.3 is 12.0 Å². The summed E-state index contributed by atoms with van der Waals surface area (Å²) in [7, 11) is 1.45. The molecule has 0 aromatic heterocycles. The van der Waals surface area contributed by atoms with Crippen molar-refractivity contribution >= 4 is 17.7 Å². The molecule has 1 aromatic rings. The maximum absolute atomic E-state index is 11.8. The minimum atomic E-state index is -1.38. The lowest BCUT2D eigenvalue weighted by Gasteiger charge is -2.22. The lowest BCUT2D eigenvalue weighted by atomic mass is 10.2. The van der Waals surface area contributed by atoms with Gasteiger partial charge in [0.15, 0.2) is 6.04 Å². The number of carboxylic acids is 1. The van der Waals surface area contributed by atoms with Crippen LogP contribution < -0.4 is 10.2 Å². The number of amides is 2. The molecule has 1 aromatic carbocycles. The molecule has 4 N–H and O–H groups in total. The number of aliphatic carboxylic acids is 1. The van der Waals surface area contributed by atoms with Crippen LogP contribution >= 0.6 is 0 Å². The number of benzene rings is 1. The molecule has 0 bridgehead atoms. The highest BCUT2D eigenvalue weighted by Crippen LogP contribution is 2.17. The van der Waals surface area contributed by atoms with Gasteiger partial charge in [-0.15, -0.1) is 0 Å². The Hall–Kier alpha value is -2.28. The fourth-order valence-electron chi connectivity index (χ4n) is 1.41. The molecule has 0 radical (unpaired) electrons. The van der Waals surface area contributed by atoms with Crippen LogP contribution in [0.15, 0.2) is 24.3 Å². The van der Waals surface area contributed by atoms with Gasteiger partial charge in [0.2, 0.25) is 0 Å². The Balaban J connectivity index is 2.77. The van der Waals surface area contributed by atoms with Gasteiger partial charge in [-0.2, -0.15) is 0 Å². The second-order valence-corrected chi connectivity index (χ2v) is 4.08. The number of rotatable bonds is 4. The van der Waals surface area contributed by atoms with Crippen LogP contribution in [0.2, 0.25) is 0 Å². The maximum atomic E-state index is 11.8. The van der Waals surface area contributed by atoms with E-state index in [0.29, 0.717) is 5.69 Å². The van der Waals surface area contributed by atoms with Crippen molar-refractivity contribution in [1.82, 2.24) is 5.32 Å². The number of phenolic OH excluding ortho intramolecular Hbond substituents is 1. The fraction of sp³-hybridized carbons (Fsp3) is 0.333.